The first-order valence-corrected chi connectivity index (χ1v) is 14.4. The molecule has 1 spiro atoms. The molecule has 0 aromatic heterocycles. The molecular formula is C32H40N2O3. The predicted octanol–water partition coefficient (Wildman–Crippen LogP) is 4.92. The van der Waals surface area contributed by atoms with Gasteiger partial charge in [0.2, 0.25) is 0 Å². The van der Waals surface area contributed by atoms with Crippen molar-refractivity contribution in [1.29, 1.82) is 0 Å². The molecule has 5 heteroatoms. The second-order valence-corrected chi connectivity index (χ2v) is 12.6. The van der Waals surface area contributed by atoms with E-state index in [1.807, 2.05) is 0 Å². The van der Waals surface area contributed by atoms with Gasteiger partial charge >= 0.3 is 5.97 Å². The van der Waals surface area contributed by atoms with Gasteiger partial charge in [-0.05, 0) is 36.3 Å². The lowest BCUT2D eigenvalue weighted by Gasteiger charge is -2.49. The number of piperazine rings is 1. The van der Waals surface area contributed by atoms with Crippen molar-refractivity contribution < 1.29 is 14.3 Å². The summed E-state index contributed by atoms with van der Waals surface area (Å²) < 4.78 is 12.7. The van der Waals surface area contributed by atoms with Gasteiger partial charge < -0.3 is 9.47 Å². The third kappa shape index (κ3) is 3.72. The molecule has 2 aliphatic carbocycles. The molecule has 3 aliphatic heterocycles. The molecule has 7 rings (SSSR count). The van der Waals surface area contributed by atoms with Gasteiger partial charge in [0.15, 0.2) is 0 Å². The van der Waals surface area contributed by atoms with Crippen molar-refractivity contribution in [2.45, 2.75) is 63.4 Å². The van der Waals surface area contributed by atoms with Crippen LogP contribution in [0.3, 0.4) is 0 Å². The Kier molecular flexibility index (Phi) is 5.76. The minimum atomic E-state index is -0.0568. The van der Waals surface area contributed by atoms with E-state index in [-0.39, 0.29) is 47.1 Å². The maximum absolute atomic E-state index is 13.2. The van der Waals surface area contributed by atoms with Gasteiger partial charge in [-0.25, -0.2) is 0 Å². The number of carbonyl (C=O) groups is 1. The summed E-state index contributed by atoms with van der Waals surface area (Å²) in [5.41, 5.74) is 2.82. The standard InChI is InChI=1S/C32H40N2O3/c1-22-10-9-15-31(2)20-26-27(29-32(22,31)37-29)25(30(35)36-26)21-33-16-18-34(19-17-33)28(23-11-5-3-6-12-23)24-13-7-4-8-14-24/h3-8,11-14,22,25-29H,9-10,15-21H2,1-2H3. The highest BCUT2D eigenvalue weighted by atomic mass is 16.6. The van der Waals surface area contributed by atoms with Crippen LogP contribution in [0.4, 0.5) is 0 Å². The molecule has 5 nitrogen and oxygen atoms in total. The second-order valence-electron chi connectivity index (χ2n) is 12.6. The number of nitrogens with zero attached hydrogens (tertiary/aromatic N) is 2. The molecule has 2 saturated carbocycles. The molecule has 7 unspecified atom stereocenters. The zero-order chi connectivity index (χ0) is 25.2. The summed E-state index contributed by atoms with van der Waals surface area (Å²) in [5.74, 6) is 0.758. The van der Waals surface area contributed by atoms with E-state index < -0.39 is 0 Å². The molecule has 0 amide bonds. The van der Waals surface area contributed by atoms with Crippen LogP contribution in [0.1, 0.15) is 56.7 Å². The first-order valence-electron chi connectivity index (χ1n) is 14.4. The van der Waals surface area contributed by atoms with Crippen LogP contribution in [0.15, 0.2) is 60.7 Å². The van der Waals surface area contributed by atoms with E-state index in [2.05, 4.69) is 84.3 Å². The summed E-state index contributed by atoms with van der Waals surface area (Å²) in [5, 5.41) is 0. The van der Waals surface area contributed by atoms with Crippen molar-refractivity contribution in [3.63, 3.8) is 0 Å². The summed E-state index contributed by atoms with van der Waals surface area (Å²) in [7, 11) is 0. The fraction of sp³-hybridized carbons (Fsp3) is 0.594. The van der Waals surface area contributed by atoms with E-state index in [0.717, 1.165) is 39.1 Å². The van der Waals surface area contributed by atoms with Gasteiger partial charge in [-0.15, -0.1) is 0 Å². The molecule has 0 radical (unpaired) electrons. The molecule has 7 atom stereocenters. The first kappa shape index (κ1) is 23.9. The van der Waals surface area contributed by atoms with Gasteiger partial charge in [-0.1, -0.05) is 80.9 Å². The highest BCUT2D eigenvalue weighted by Gasteiger charge is 2.78. The Labute approximate surface area is 221 Å². The maximum Gasteiger partial charge on any atom is 0.311 e. The normalized spacial score (nSPS) is 39.5. The summed E-state index contributed by atoms with van der Waals surface area (Å²) in [4.78, 5) is 18.3. The highest BCUT2D eigenvalue weighted by molar-refractivity contribution is 5.76. The van der Waals surface area contributed by atoms with Crippen LogP contribution in [0, 0.1) is 23.2 Å². The van der Waals surface area contributed by atoms with Gasteiger partial charge in [-0.2, -0.15) is 0 Å². The Morgan fingerprint density at radius 3 is 2.27 bits per heavy atom. The number of carbonyl (C=O) groups excluding carboxylic acids is 1. The molecule has 3 heterocycles. The summed E-state index contributed by atoms with van der Waals surface area (Å²) in [6, 6.07) is 22.0. The molecule has 5 aliphatic rings. The van der Waals surface area contributed by atoms with Crippen molar-refractivity contribution in [3.8, 4) is 0 Å². The summed E-state index contributed by atoms with van der Waals surface area (Å²) >= 11 is 0. The van der Waals surface area contributed by atoms with Gasteiger partial charge in [0.1, 0.15) is 11.7 Å². The number of benzene rings is 2. The van der Waals surface area contributed by atoms with Gasteiger partial charge in [-0.3, -0.25) is 14.6 Å². The first-order chi connectivity index (χ1) is 18.0. The molecule has 0 N–H and O–H groups in total. The van der Waals surface area contributed by atoms with Crippen LogP contribution in [0.2, 0.25) is 0 Å². The van der Waals surface area contributed by atoms with E-state index in [1.54, 1.807) is 0 Å². The minimum absolute atomic E-state index is 0.0179. The predicted molar refractivity (Wildman–Crippen MR) is 143 cm³/mol. The van der Waals surface area contributed by atoms with Gasteiger partial charge in [0.25, 0.3) is 0 Å². The average Bonchev–Trinajstić information content (AvgIpc) is 3.60. The fourth-order valence-corrected chi connectivity index (χ4v) is 8.81. The molecule has 196 valence electrons. The van der Waals surface area contributed by atoms with E-state index in [4.69, 9.17) is 9.47 Å². The third-order valence-corrected chi connectivity index (χ3v) is 10.7. The number of fused-ring (bicyclic) bond motifs is 2. The van der Waals surface area contributed by atoms with Crippen LogP contribution in [-0.4, -0.2) is 66.3 Å². The third-order valence-electron chi connectivity index (χ3n) is 10.7. The molecule has 37 heavy (non-hydrogen) atoms. The maximum atomic E-state index is 13.2. The van der Waals surface area contributed by atoms with E-state index in [1.165, 1.54) is 30.4 Å². The average molecular weight is 501 g/mol. The van der Waals surface area contributed by atoms with Crippen LogP contribution in [0.5, 0.6) is 0 Å². The Hall–Kier alpha value is -2.21. The number of hydrogen-bond acceptors (Lipinski definition) is 5. The van der Waals surface area contributed by atoms with Crippen molar-refractivity contribution in [1.82, 2.24) is 9.80 Å². The lowest BCUT2D eigenvalue weighted by Crippen LogP contribution is -2.55. The summed E-state index contributed by atoms with van der Waals surface area (Å²) in [6.07, 6.45) is 4.92. The van der Waals surface area contributed by atoms with Crippen LogP contribution >= 0.6 is 0 Å². The number of esters is 1. The van der Waals surface area contributed by atoms with Crippen molar-refractivity contribution in [2.75, 3.05) is 32.7 Å². The molecular weight excluding hydrogens is 460 g/mol. The molecule has 2 aromatic carbocycles. The molecule has 3 saturated heterocycles. The van der Waals surface area contributed by atoms with E-state index in [0.29, 0.717) is 5.92 Å². The Balaban J connectivity index is 1.05. The molecule has 2 aromatic rings. The lowest BCUT2D eigenvalue weighted by atomic mass is 9.53. The second kappa shape index (κ2) is 8.93. The van der Waals surface area contributed by atoms with Crippen LogP contribution in [0.25, 0.3) is 0 Å². The Morgan fingerprint density at radius 1 is 0.973 bits per heavy atom. The Morgan fingerprint density at radius 2 is 1.62 bits per heavy atom. The molecule has 0 bridgehead atoms. The van der Waals surface area contributed by atoms with Crippen LogP contribution < -0.4 is 0 Å². The largest absolute Gasteiger partial charge is 0.462 e. The molecule has 5 fully saturated rings. The summed E-state index contributed by atoms with van der Waals surface area (Å²) in [6.45, 7) is 9.50. The Bertz CT molecular complexity index is 1090. The monoisotopic (exact) mass is 500 g/mol. The number of ether oxygens (including phenoxy) is 2. The van der Waals surface area contributed by atoms with Gasteiger partial charge in [0, 0.05) is 44.1 Å². The van der Waals surface area contributed by atoms with E-state index in [9.17, 15) is 4.79 Å². The van der Waals surface area contributed by atoms with Crippen molar-refractivity contribution >= 4 is 5.97 Å². The fourth-order valence-electron chi connectivity index (χ4n) is 8.81. The smallest absolute Gasteiger partial charge is 0.311 e. The SMILES string of the molecule is CC1CCCC2(C)CC3OC(=O)C(CN4CCN(C(c5ccccc5)c5ccccc5)CC4)C3C3OC132. The topological polar surface area (TPSA) is 45.3 Å². The zero-order valence-electron chi connectivity index (χ0n) is 22.2. The zero-order valence-corrected chi connectivity index (χ0v) is 22.2. The number of rotatable bonds is 5. The quantitative estimate of drug-likeness (QED) is 0.431. The lowest BCUT2D eigenvalue weighted by molar-refractivity contribution is -0.146. The number of epoxide rings is 1. The van der Waals surface area contributed by atoms with Crippen molar-refractivity contribution in [3.05, 3.63) is 71.8 Å². The van der Waals surface area contributed by atoms with E-state index >= 15 is 0 Å². The number of hydrogen-bond donors (Lipinski definition) is 0. The highest BCUT2D eigenvalue weighted by Crippen LogP contribution is 2.70. The minimum Gasteiger partial charge on any atom is -0.462 e. The van der Waals surface area contributed by atoms with Crippen LogP contribution in [-0.2, 0) is 14.3 Å². The van der Waals surface area contributed by atoms with Gasteiger partial charge in [0.05, 0.1) is 18.1 Å². The van der Waals surface area contributed by atoms with Crippen molar-refractivity contribution in [2.24, 2.45) is 23.2 Å².